The lowest BCUT2D eigenvalue weighted by Gasteiger charge is -2.22. The van der Waals surface area contributed by atoms with Crippen LogP contribution in [-0.2, 0) is 9.59 Å². The summed E-state index contributed by atoms with van der Waals surface area (Å²) in [6.45, 7) is 4.55. The van der Waals surface area contributed by atoms with Crippen LogP contribution in [0, 0.1) is 0 Å². The van der Waals surface area contributed by atoms with Gasteiger partial charge < -0.3 is 11.1 Å². The monoisotopic (exact) mass is 194 g/mol. The van der Waals surface area contributed by atoms with Crippen molar-refractivity contribution in [2.24, 2.45) is 5.73 Å². The number of alkyl halides is 2. The Kier molecular flexibility index (Phi) is 2.97. The highest BCUT2D eigenvalue weighted by atomic mass is 19.3. The number of amides is 2. The molecule has 0 aliphatic carbocycles. The van der Waals surface area contributed by atoms with Crippen LogP contribution in [0.2, 0.25) is 0 Å². The van der Waals surface area contributed by atoms with E-state index in [-0.39, 0.29) is 0 Å². The summed E-state index contributed by atoms with van der Waals surface area (Å²) in [4.78, 5) is 20.9. The Balaban J connectivity index is 4.53. The molecule has 0 aromatic heterocycles. The minimum absolute atomic E-state index is 0.823. The Bertz CT molecular complexity index is 233. The molecule has 6 heteroatoms. The maximum absolute atomic E-state index is 12.6. The lowest BCUT2D eigenvalue weighted by molar-refractivity contribution is -0.158. The lowest BCUT2D eigenvalue weighted by atomic mass is 10.1. The van der Waals surface area contributed by atoms with E-state index in [0.29, 0.717) is 0 Å². The Morgan fingerprint density at radius 1 is 1.23 bits per heavy atom. The maximum Gasteiger partial charge on any atom is 0.400 e. The number of primary amides is 1. The van der Waals surface area contributed by atoms with Gasteiger partial charge in [0, 0.05) is 5.54 Å². The Hall–Kier alpha value is -1.20. The summed E-state index contributed by atoms with van der Waals surface area (Å²) >= 11 is 0. The average Bonchev–Trinajstić information content (AvgIpc) is 1.82. The van der Waals surface area contributed by atoms with E-state index in [2.05, 4.69) is 5.73 Å². The van der Waals surface area contributed by atoms with Crippen LogP contribution in [0.25, 0.3) is 0 Å². The lowest BCUT2D eigenvalue weighted by Crippen LogP contribution is -2.54. The van der Waals surface area contributed by atoms with Crippen molar-refractivity contribution in [1.29, 1.82) is 0 Å². The van der Waals surface area contributed by atoms with Gasteiger partial charge in [-0.05, 0) is 20.8 Å². The van der Waals surface area contributed by atoms with Crippen LogP contribution in [0.4, 0.5) is 8.78 Å². The zero-order valence-corrected chi connectivity index (χ0v) is 7.65. The van der Waals surface area contributed by atoms with Gasteiger partial charge in [-0.2, -0.15) is 8.78 Å². The first-order valence-corrected chi connectivity index (χ1v) is 3.57. The number of hydrogen-bond donors (Lipinski definition) is 2. The third-order valence-corrected chi connectivity index (χ3v) is 1.08. The van der Waals surface area contributed by atoms with Crippen LogP contribution in [0.1, 0.15) is 20.8 Å². The van der Waals surface area contributed by atoms with Crippen molar-refractivity contribution in [3.63, 3.8) is 0 Å². The molecule has 0 unspecified atom stereocenters. The van der Waals surface area contributed by atoms with Crippen LogP contribution >= 0.6 is 0 Å². The molecule has 4 nitrogen and oxygen atoms in total. The van der Waals surface area contributed by atoms with E-state index in [0.717, 1.165) is 0 Å². The molecule has 0 aliphatic rings. The van der Waals surface area contributed by atoms with Gasteiger partial charge in [0.1, 0.15) is 0 Å². The quantitative estimate of drug-likeness (QED) is 0.608. The fraction of sp³-hybridized carbons (Fsp3) is 0.714. The molecule has 0 aliphatic heterocycles. The number of carbonyl (C=O) groups excluding carboxylic acids is 2. The fourth-order valence-corrected chi connectivity index (χ4v) is 0.531. The Morgan fingerprint density at radius 3 is 1.85 bits per heavy atom. The maximum atomic E-state index is 12.6. The van der Waals surface area contributed by atoms with Gasteiger partial charge in [0.25, 0.3) is 5.91 Å². The number of hydrogen-bond acceptors (Lipinski definition) is 2. The molecule has 0 aromatic carbocycles. The van der Waals surface area contributed by atoms with Gasteiger partial charge in [0.05, 0.1) is 0 Å². The molecule has 0 heterocycles. The van der Waals surface area contributed by atoms with Gasteiger partial charge in [0.15, 0.2) is 0 Å². The topological polar surface area (TPSA) is 72.2 Å². The minimum atomic E-state index is -4.15. The van der Waals surface area contributed by atoms with Crippen molar-refractivity contribution >= 4 is 11.8 Å². The summed E-state index contributed by atoms with van der Waals surface area (Å²) in [5, 5.41) is 1.95. The summed E-state index contributed by atoms with van der Waals surface area (Å²) in [7, 11) is 0. The first-order valence-electron chi connectivity index (χ1n) is 3.57. The summed E-state index contributed by atoms with van der Waals surface area (Å²) in [6.07, 6.45) is 0. The van der Waals surface area contributed by atoms with Crippen molar-refractivity contribution < 1.29 is 18.4 Å². The molecular weight excluding hydrogens is 182 g/mol. The molecular formula is C7H12F2N2O2. The van der Waals surface area contributed by atoms with Crippen molar-refractivity contribution in [2.45, 2.75) is 32.2 Å². The molecule has 0 saturated heterocycles. The SMILES string of the molecule is CC(C)(C)NC(=O)C(F)(F)C(N)=O. The number of carbonyl (C=O) groups is 2. The summed E-state index contributed by atoms with van der Waals surface area (Å²) in [5.41, 5.74) is 3.52. The predicted molar refractivity (Wildman–Crippen MR) is 42.0 cm³/mol. The van der Waals surface area contributed by atoms with Crippen molar-refractivity contribution in [3.8, 4) is 0 Å². The third kappa shape index (κ3) is 3.35. The van der Waals surface area contributed by atoms with Crippen molar-refractivity contribution in [2.75, 3.05) is 0 Å². The van der Waals surface area contributed by atoms with Crippen molar-refractivity contribution in [1.82, 2.24) is 5.32 Å². The zero-order chi connectivity index (χ0) is 10.9. The largest absolute Gasteiger partial charge is 0.400 e. The van der Waals surface area contributed by atoms with Gasteiger partial charge in [-0.25, -0.2) is 0 Å². The summed E-state index contributed by atoms with van der Waals surface area (Å²) in [6, 6.07) is 0. The molecule has 3 N–H and O–H groups in total. The van der Waals surface area contributed by atoms with Gasteiger partial charge in [-0.3, -0.25) is 9.59 Å². The standard InChI is InChI=1S/C7H12F2N2O2/c1-6(2,3)11-5(13)7(8,9)4(10)12/h1-3H3,(H2,10,12)(H,11,13). The number of nitrogens with one attached hydrogen (secondary N) is 1. The highest BCUT2D eigenvalue weighted by Crippen LogP contribution is 2.14. The van der Waals surface area contributed by atoms with E-state index >= 15 is 0 Å². The van der Waals surface area contributed by atoms with E-state index in [1.807, 2.05) is 5.32 Å². The predicted octanol–water partition coefficient (Wildman–Crippen LogP) is 0.0217. The highest BCUT2D eigenvalue weighted by Gasteiger charge is 2.46. The van der Waals surface area contributed by atoms with Crippen LogP contribution in [0.15, 0.2) is 0 Å². The van der Waals surface area contributed by atoms with Crippen LogP contribution < -0.4 is 11.1 Å². The molecule has 0 aromatic rings. The summed E-state index contributed by atoms with van der Waals surface area (Å²) < 4.78 is 25.2. The molecule has 13 heavy (non-hydrogen) atoms. The van der Waals surface area contributed by atoms with Crippen LogP contribution in [-0.4, -0.2) is 23.3 Å². The molecule has 76 valence electrons. The van der Waals surface area contributed by atoms with Crippen LogP contribution in [0.5, 0.6) is 0 Å². The second-order valence-electron chi connectivity index (χ2n) is 3.64. The van der Waals surface area contributed by atoms with Crippen LogP contribution in [0.3, 0.4) is 0 Å². The highest BCUT2D eigenvalue weighted by molar-refractivity contribution is 6.05. The second-order valence-corrected chi connectivity index (χ2v) is 3.64. The van der Waals surface area contributed by atoms with E-state index in [4.69, 9.17) is 0 Å². The van der Waals surface area contributed by atoms with Gasteiger partial charge in [-0.1, -0.05) is 0 Å². The van der Waals surface area contributed by atoms with Gasteiger partial charge in [-0.15, -0.1) is 0 Å². The average molecular weight is 194 g/mol. The smallest absolute Gasteiger partial charge is 0.364 e. The number of rotatable bonds is 2. The third-order valence-electron chi connectivity index (χ3n) is 1.08. The number of nitrogens with two attached hydrogens (primary N) is 1. The van der Waals surface area contributed by atoms with Gasteiger partial charge in [0.2, 0.25) is 0 Å². The molecule has 0 spiro atoms. The normalized spacial score (nSPS) is 12.4. The summed E-state index contributed by atoms with van der Waals surface area (Å²) in [5.74, 6) is -7.77. The first-order chi connectivity index (χ1) is 5.57. The fourth-order valence-electron chi connectivity index (χ4n) is 0.531. The van der Waals surface area contributed by atoms with Gasteiger partial charge >= 0.3 is 11.8 Å². The van der Waals surface area contributed by atoms with Crippen molar-refractivity contribution in [3.05, 3.63) is 0 Å². The first kappa shape index (κ1) is 11.8. The minimum Gasteiger partial charge on any atom is -0.364 e. The van der Waals surface area contributed by atoms with E-state index in [1.54, 1.807) is 0 Å². The Labute approximate surface area is 74.5 Å². The molecule has 2 amide bonds. The molecule has 0 radical (unpaired) electrons. The molecule has 0 fully saturated rings. The zero-order valence-electron chi connectivity index (χ0n) is 7.65. The molecule has 0 saturated carbocycles. The second kappa shape index (κ2) is 3.27. The molecule has 0 atom stereocenters. The molecule has 0 bridgehead atoms. The number of halogens is 2. The van der Waals surface area contributed by atoms with E-state index in [9.17, 15) is 18.4 Å². The van der Waals surface area contributed by atoms with E-state index < -0.39 is 23.3 Å². The molecule has 0 rings (SSSR count). The van der Waals surface area contributed by atoms with E-state index in [1.165, 1.54) is 20.8 Å². The Morgan fingerprint density at radius 2 is 1.62 bits per heavy atom.